The van der Waals surface area contributed by atoms with Crippen molar-refractivity contribution in [3.8, 4) is 17.1 Å². The number of aromatic nitrogens is 3. The quantitative estimate of drug-likeness (QED) is 0.365. The first kappa shape index (κ1) is 20.8. The SMILES string of the molecule is Cc1cccc(-c2nnc(SCC(=O)N3CCc4ccccc43)n2-c2ccc(Cl)cc2)c1. The van der Waals surface area contributed by atoms with Gasteiger partial charge in [0.2, 0.25) is 5.91 Å². The van der Waals surface area contributed by atoms with Crippen LogP contribution in [0, 0.1) is 6.92 Å². The van der Waals surface area contributed by atoms with Crippen molar-refractivity contribution < 1.29 is 4.79 Å². The third-order valence-electron chi connectivity index (χ3n) is 5.51. The minimum absolute atomic E-state index is 0.0720. The van der Waals surface area contributed by atoms with Crippen LogP contribution in [-0.4, -0.2) is 33.0 Å². The van der Waals surface area contributed by atoms with Gasteiger partial charge in [0.1, 0.15) is 0 Å². The number of carbonyl (C=O) groups is 1. The number of rotatable bonds is 5. The topological polar surface area (TPSA) is 51.0 Å². The minimum Gasteiger partial charge on any atom is -0.311 e. The maximum atomic E-state index is 13.0. The van der Waals surface area contributed by atoms with E-state index in [0.717, 1.165) is 41.3 Å². The van der Waals surface area contributed by atoms with Crippen molar-refractivity contribution in [3.63, 3.8) is 0 Å². The van der Waals surface area contributed by atoms with Crippen LogP contribution in [0.4, 0.5) is 5.69 Å². The first-order valence-electron chi connectivity index (χ1n) is 10.4. The molecule has 0 saturated carbocycles. The first-order chi connectivity index (χ1) is 15.6. The zero-order chi connectivity index (χ0) is 22.1. The molecule has 4 aromatic rings. The van der Waals surface area contributed by atoms with Crippen LogP contribution in [0.3, 0.4) is 0 Å². The lowest BCUT2D eigenvalue weighted by atomic mass is 10.1. The number of amides is 1. The van der Waals surface area contributed by atoms with Gasteiger partial charge in [-0.1, -0.05) is 65.3 Å². The van der Waals surface area contributed by atoms with E-state index in [1.807, 2.05) is 64.1 Å². The van der Waals surface area contributed by atoms with E-state index in [1.54, 1.807) is 0 Å². The summed E-state index contributed by atoms with van der Waals surface area (Å²) in [6.07, 6.45) is 0.894. The van der Waals surface area contributed by atoms with E-state index in [0.29, 0.717) is 10.2 Å². The summed E-state index contributed by atoms with van der Waals surface area (Å²) in [5.41, 5.74) is 5.25. The van der Waals surface area contributed by atoms with Gasteiger partial charge >= 0.3 is 0 Å². The van der Waals surface area contributed by atoms with Gasteiger partial charge in [-0.2, -0.15) is 0 Å². The van der Waals surface area contributed by atoms with Crippen molar-refractivity contribution in [1.29, 1.82) is 0 Å². The highest BCUT2D eigenvalue weighted by atomic mass is 35.5. The summed E-state index contributed by atoms with van der Waals surface area (Å²) >= 11 is 7.51. The average Bonchev–Trinajstić information content (AvgIpc) is 3.43. The lowest BCUT2D eigenvalue weighted by molar-refractivity contribution is -0.116. The zero-order valence-electron chi connectivity index (χ0n) is 17.5. The zero-order valence-corrected chi connectivity index (χ0v) is 19.1. The Labute approximate surface area is 196 Å². The number of anilines is 1. The number of aryl methyl sites for hydroxylation is 1. The molecule has 0 fully saturated rings. The number of halogens is 1. The van der Waals surface area contributed by atoms with Crippen LogP contribution in [0.1, 0.15) is 11.1 Å². The number of hydrogen-bond donors (Lipinski definition) is 0. The normalized spacial score (nSPS) is 12.8. The number of hydrogen-bond acceptors (Lipinski definition) is 4. The number of fused-ring (bicyclic) bond motifs is 1. The Morgan fingerprint density at radius 1 is 1.03 bits per heavy atom. The first-order valence-corrected chi connectivity index (χ1v) is 11.8. The van der Waals surface area contributed by atoms with Gasteiger partial charge in [-0.3, -0.25) is 9.36 Å². The number of carbonyl (C=O) groups excluding carboxylic acids is 1. The molecule has 0 aliphatic carbocycles. The molecule has 0 spiro atoms. The van der Waals surface area contributed by atoms with Crippen LogP contribution in [0.25, 0.3) is 17.1 Å². The molecule has 1 amide bonds. The minimum atomic E-state index is 0.0720. The third kappa shape index (κ3) is 4.04. The molecule has 5 rings (SSSR count). The highest BCUT2D eigenvalue weighted by molar-refractivity contribution is 7.99. The fourth-order valence-corrected chi connectivity index (χ4v) is 4.91. The van der Waals surface area contributed by atoms with Gasteiger partial charge in [0.25, 0.3) is 0 Å². The molecule has 32 heavy (non-hydrogen) atoms. The lowest BCUT2D eigenvalue weighted by Crippen LogP contribution is -2.30. The standard InChI is InChI=1S/C25H21ClN4OS/c1-17-5-4-7-19(15-17)24-27-28-25(30(24)21-11-9-20(26)10-12-21)32-16-23(31)29-14-13-18-6-2-3-8-22(18)29/h2-12,15H,13-14,16H2,1H3. The second-order valence-corrected chi connectivity index (χ2v) is 9.08. The highest BCUT2D eigenvalue weighted by Crippen LogP contribution is 2.31. The van der Waals surface area contributed by atoms with Crippen LogP contribution in [-0.2, 0) is 11.2 Å². The fraction of sp³-hybridized carbons (Fsp3) is 0.160. The van der Waals surface area contributed by atoms with Crippen LogP contribution < -0.4 is 4.90 Å². The predicted octanol–water partition coefficient (Wildman–Crippen LogP) is 5.58. The van der Waals surface area contributed by atoms with Crippen LogP contribution in [0.15, 0.2) is 78.0 Å². The van der Waals surface area contributed by atoms with Gasteiger partial charge in [-0.05, 0) is 55.3 Å². The lowest BCUT2D eigenvalue weighted by Gasteiger charge is -2.17. The highest BCUT2D eigenvalue weighted by Gasteiger charge is 2.25. The summed E-state index contributed by atoms with van der Waals surface area (Å²) in [6.45, 7) is 2.77. The van der Waals surface area contributed by atoms with Gasteiger partial charge < -0.3 is 4.90 Å². The Morgan fingerprint density at radius 3 is 2.66 bits per heavy atom. The van der Waals surface area contributed by atoms with Gasteiger partial charge in [-0.25, -0.2) is 0 Å². The Balaban J connectivity index is 1.45. The number of thioether (sulfide) groups is 1. The van der Waals surface area contributed by atoms with Crippen LogP contribution in [0.2, 0.25) is 5.02 Å². The molecule has 0 N–H and O–H groups in total. The van der Waals surface area contributed by atoms with E-state index < -0.39 is 0 Å². The van der Waals surface area contributed by atoms with Gasteiger partial charge in [0.15, 0.2) is 11.0 Å². The summed E-state index contributed by atoms with van der Waals surface area (Å²) < 4.78 is 1.99. The molecule has 2 heterocycles. The molecule has 7 heteroatoms. The Hall–Kier alpha value is -3.09. The van der Waals surface area contributed by atoms with Gasteiger partial charge in [-0.15, -0.1) is 10.2 Å². The Bertz CT molecular complexity index is 1290. The molecule has 0 bridgehead atoms. The Morgan fingerprint density at radius 2 is 1.84 bits per heavy atom. The molecule has 1 aromatic heterocycles. The van der Waals surface area contributed by atoms with Crippen molar-refractivity contribution >= 4 is 35.0 Å². The fourth-order valence-electron chi connectivity index (χ4n) is 3.96. The molecule has 0 unspecified atom stereocenters. The van der Waals surface area contributed by atoms with Crippen molar-refractivity contribution in [2.75, 3.05) is 17.2 Å². The summed E-state index contributed by atoms with van der Waals surface area (Å²) in [7, 11) is 0. The summed E-state index contributed by atoms with van der Waals surface area (Å²) in [6, 6.07) is 23.8. The summed E-state index contributed by atoms with van der Waals surface area (Å²) in [5, 5.41) is 10.2. The van der Waals surface area contributed by atoms with Gasteiger partial charge in [0, 0.05) is 28.5 Å². The van der Waals surface area contributed by atoms with E-state index >= 15 is 0 Å². The van der Waals surface area contributed by atoms with Crippen LogP contribution in [0.5, 0.6) is 0 Å². The van der Waals surface area contributed by atoms with E-state index in [9.17, 15) is 4.79 Å². The average molecular weight is 461 g/mol. The van der Waals surface area contributed by atoms with E-state index in [4.69, 9.17) is 11.6 Å². The third-order valence-corrected chi connectivity index (χ3v) is 6.67. The molecular weight excluding hydrogens is 440 g/mol. The van der Waals surface area contributed by atoms with Crippen molar-refractivity contribution in [3.05, 3.63) is 88.9 Å². The largest absolute Gasteiger partial charge is 0.311 e. The monoisotopic (exact) mass is 460 g/mol. The van der Waals surface area contributed by atoms with Crippen molar-refractivity contribution in [1.82, 2.24) is 14.8 Å². The summed E-state index contributed by atoms with van der Waals surface area (Å²) in [4.78, 5) is 14.9. The number of nitrogens with zero attached hydrogens (tertiary/aromatic N) is 4. The van der Waals surface area contributed by atoms with Gasteiger partial charge in [0.05, 0.1) is 5.75 Å². The van der Waals surface area contributed by atoms with E-state index in [2.05, 4.69) is 35.3 Å². The molecule has 0 atom stereocenters. The molecule has 5 nitrogen and oxygen atoms in total. The van der Waals surface area contributed by atoms with Crippen LogP contribution >= 0.6 is 23.4 Å². The summed E-state index contributed by atoms with van der Waals surface area (Å²) in [5.74, 6) is 1.09. The molecule has 0 radical (unpaired) electrons. The molecule has 0 saturated heterocycles. The molecule has 1 aliphatic heterocycles. The number of benzene rings is 3. The predicted molar refractivity (Wildman–Crippen MR) is 130 cm³/mol. The molecule has 160 valence electrons. The number of para-hydroxylation sites is 1. The molecule has 1 aliphatic rings. The van der Waals surface area contributed by atoms with E-state index in [-0.39, 0.29) is 11.7 Å². The van der Waals surface area contributed by atoms with E-state index in [1.165, 1.54) is 17.3 Å². The maximum absolute atomic E-state index is 13.0. The molecule has 3 aromatic carbocycles. The second kappa shape index (κ2) is 8.81. The Kier molecular flexibility index (Phi) is 5.72. The van der Waals surface area contributed by atoms with Crippen molar-refractivity contribution in [2.45, 2.75) is 18.5 Å². The molecular formula is C25H21ClN4OS. The second-order valence-electron chi connectivity index (χ2n) is 7.70. The maximum Gasteiger partial charge on any atom is 0.237 e. The van der Waals surface area contributed by atoms with Crippen molar-refractivity contribution in [2.24, 2.45) is 0 Å². The smallest absolute Gasteiger partial charge is 0.237 e.